The van der Waals surface area contributed by atoms with E-state index in [2.05, 4.69) is 0 Å². The molecule has 1 fully saturated rings. The summed E-state index contributed by atoms with van der Waals surface area (Å²) in [5.74, 6) is -1.74. The molecule has 104 valence electrons. The lowest BCUT2D eigenvalue weighted by Crippen LogP contribution is -2.20. The number of carbonyl (C=O) groups is 1. The number of ether oxygens (including phenoxy) is 1. The number of halogens is 2. The van der Waals surface area contributed by atoms with Gasteiger partial charge in [0.2, 0.25) is 0 Å². The monoisotopic (exact) mass is 268 g/mol. The van der Waals surface area contributed by atoms with Crippen LogP contribution in [0.25, 0.3) is 0 Å². The number of hydrogen-bond donors (Lipinski definition) is 0. The van der Waals surface area contributed by atoms with Crippen LogP contribution in [-0.2, 0) is 16.0 Å². The maximum absolute atomic E-state index is 13.0. The van der Waals surface area contributed by atoms with Crippen molar-refractivity contribution in [3.63, 3.8) is 0 Å². The van der Waals surface area contributed by atoms with Crippen LogP contribution in [0.3, 0.4) is 0 Å². The van der Waals surface area contributed by atoms with Gasteiger partial charge in [-0.15, -0.1) is 0 Å². The average molecular weight is 268 g/mol. The number of Topliss-reactive ketones (excluding diaryl/α,β-unsaturated/α-hetero) is 1. The maximum atomic E-state index is 13.0. The Hall–Kier alpha value is -1.29. The molecule has 0 aliphatic carbocycles. The van der Waals surface area contributed by atoms with Crippen LogP contribution in [0.2, 0.25) is 0 Å². The molecular formula is C15H18F2O2. The molecule has 1 unspecified atom stereocenters. The molecule has 1 aliphatic rings. The van der Waals surface area contributed by atoms with Crippen LogP contribution >= 0.6 is 0 Å². The minimum atomic E-state index is -0.902. The molecule has 2 rings (SSSR count). The van der Waals surface area contributed by atoms with Crippen LogP contribution in [0.4, 0.5) is 8.78 Å². The first-order chi connectivity index (χ1) is 9.15. The largest absolute Gasteiger partial charge is 0.378 e. The van der Waals surface area contributed by atoms with Crippen molar-refractivity contribution in [2.24, 2.45) is 0 Å². The summed E-state index contributed by atoms with van der Waals surface area (Å²) in [6.07, 6.45) is 4.76. The summed E-state index contributed by atoms with van der Waals surface area (Å²) in [7, 11) is 0. The average Bonchev–Trinajstić information content (AvgIpc) is 2.42. The molecule has 0 aromatic heterocycles. The quantitative estimate of drug-likeness (QED) is 0.818. The highest BCUT2D eigenvalue weighted by molar-refractivity contribution is 5.80. The minimum Gasteiger partial charge on any atom is -0.378 e. The summed E-state index contributed by atoms with van der Waals surface area (Å²) in [4.78, 5) is 11.8. The molecule has 1 aromatic rings. The van der Waals surface area contributed by atoms with Gasteiger partial charge >= 0.3 is 0 Å². The van der Waals surface area contributed by atoms with Crippen molar-refractivity contribution in [1.82, 2.24) is 0 Å². The lowest BCUT2D eigenvalue weighted by atomic mass is 10.0. The van der Waals surface area contributed by atoms with Gasteiger partial charge in [-0.05, 0) is 43.4 Å². The van der Waals surface area contributed by atoms with Gasteiger partial charge in [-0.3, -0.25) is 4.79 Å². The highest BCUT2D eigenvalue weighted by atomic mass is 19.2. The van der Waals surface area contributed by atoms with Crippen LogP contribution in [0.5, 0.6) is 0 Å². The lowest BCUT2D eigenvalue weighted by Gasteiger charge is -2.22. The molecule has 4 heteroatoms. The van der Waals surface area contributed by atoms with E-state index in [1.165, 1.54) is 6.07 Å². The van der Waals surface area contributed by atoms with E-state index in [9.17, 15) is 13.6 Å². The molecule has 1 saturated heterocycles. The zero-order valence-electron chi connectivity index (χ0n) is 10.8. The van der Waals surface area contributed by atoms with Crippen molar-refractivity contribution in [2.45, 2.75) is 44.6 Å². The zero-order chi connectivity index (χ0) is 13.7. The smallest absolute Gasteiger partial charge is 0.159 e. The van der Waals surface area contributed by atoms with E-state index in [-0.39, 0.29) is 18.3 Å². The fourth-order valence-corrected chi connectivity index (χ4v) is 2.32. The Morgan fingerprint density at radius 1 is 1.26 bits per heavy atom. The van der Waals surface area contributed by atoms with Crippen molar-refractivity contribution in [1.29, 1.82) is 0 Å². The summed E-state index contributed by atoms with van der Waals surface area (Å²) in [5, 5.41) is 0. The van der Waals surface area contributed by atoms with Gasteiger partial charge in [0, 0.05) is 19.4 Å². The van der Waals surface area contributed by atoms with Gasteiger partial charge in [0.05, 0.1) is 6.10 Å². The normalized spacial score (nSPS) is 19.4. The van der Waals surface area contributed by atoms with Crippen LogP contribution in [0, 0.1) is 11.6 Å². The molecule has 0 radical (unpaired) electrons. The third-order valence-electron chi connectivity index (χ3n) is 3.40. The van der Waals surface area contributed by atoms with Crippen LogP contribution < -0.4 is 0 Å². The van der Waals surface area contributed by atoms with Gasteiger partial charge in [0.15, 0.2) is 11.6 Å². The molecule has 19 heavy (non-hydrogen) atoms. The molecule has 2 nitrogen and oxygen atoms in total. The SMILES string of the molecule is O=C(CCC1CCCCO1)Cc1ccc(F)c(F)c1. The summed E-state index contributed by atoms with van der Waals surface area (Å²) in [6, 6.07) is 3.60. The Labute approximate surface area is 111 Å². The molecule has 1 atom stereocenters. The number of rotatable bonds is 5. The molecule has 1 heterocycles. The number of ketones is 1. The third-order valence-corrected chi connectivity index (χ3v) is 3.40. The molecular weight excluding hydrogens is 250 g/mol. The van der Waals surface area contributed by atoms with Gasteiger partial charge in [-0.2, -0.15) is 0 Å². The second kappa shape index (κ2) is 6.75. The van der Waals surface area contributed by atoms with Crippen LogP contribution in [0.1, 0.15) is 37.7 Å². The Bertz CT molecular complexity index is 440. The second-order valence-electron chi connectivity index (χ2n) is 4.99. The predicted octanol–water partition coefficient (Wildman–Crippen LogP) is 3.43. The van der Waals surface area contributed by atoms with Crippen molar-refractivity contribution in [2.75, 3.05) is 6.61 Å². The molecule has 0 bridgehead atoms. The van der Waals surface area contributed by atoms with Gasteiger partial charge in [-0.25, -0.2) is 8.78 Å². The van der Waals surface area contributed by atoms with E-state index in [0.29, 0.717) is 12.0 Å². The number of carbonyl (C=O) groups excluding carboxylic acids is 1. The van der Waals surface area contributed by atoms with Gasteiger partial charge in [-0.1, -0.05) is 6.07 Å². The first kappa shape index (κ1) is 14.1. The number of benzene rings is 1. The second-order valence-corrected chi connectivity index (χ2v) is 4.99. The summed E-state index contributed by atoms with van der Waals surface area (Å²) in [5.41, 5.74) is 0.522. The fraction of sp³-hybridized carbons (Fsp3) is 0.533. The molecule has 1 aliphatic heterocycles. The Morgan fingerprint density at radius 3 is 2.79 bits per heavy atom. The van der Waals surface area contributed by atoms with E-state index in [1.807, 2.05) is 0 Å². The summed E-state index contributed by atoms with van der Waals surface area (Å²) < 4.78 is 31.3. The zero-order valence-corrected chi connectivity index (χ0v) is 10.8. The van der Waals surface area contributed by atoms with Gasteiger partial charge in [0.1, 0.15) is 5.78 Å². The van der Waals surface area contributed by atoms with Crippen molar-refractivity contribution in [3.05, 3.63) is 35.4 Å². The molecule has 0 saturated carbocycles. The minimum absolute atomic E-state index is 0.0418. The molecule has 0 N–H and O–H groups in total. The Balaban J connectivity index is 1.78. The van der Waals surface area contributed by atoms with E-state index in [4.69, 9.17) is 4.74 Å². The highest BCUT2D eigenvalue weighted by Crippen LogP contribution is 2.18. The Morgan fingerprint density at radius 2 is 2.11 bits per heavy atom. The molecule has 0 amide bonds. The first-order valence-corrected chi connectivity index (χ1v) is 6.72. The highest BCUT2D eigenvalue weighted by Gasteiger charge is 2.15. The van der Waals surface area contributed by atoms with E-state index in [0.717, 1.165) is 44.4 Å². The van der Waals surface area contributed by atoms with E-state index >= 15 is 0 Å². The number of hydrogen-bond acceptors (Lipinski definition) is 2. The summed E-state index contributed by atoms with van der Waals surface area (Å²) >= 11 is 0. The van der Waals surface area contributed by atoms with Crippen molar-refractivity contribution < 1.29 is 18.3 Å². The molecule has 0 spiro atoms. The van der Waals surface area contributed by atoms with Crippen LogP contribution in [0.15, 0.2) is 18.2 Å². The van der Waals surface area contributed by atoms with E-state index < -0.39 is 11.6 Å². The standard InChI is InChI=1S/C15H18F2O2/c16-14-7-4-11(10-15(14)17)9-12(18)5-6-13-3-1-2-8-19-13/h4,7,10,13H,1-3,5-6,8-9H2. The van der Waals surface area contributed by atoms with Gasteiger partial charge < -0.3 is 4.74 Å². The third kappa shape index (κ3) is 4.39. The predicted molar refractivity (Wildman–Crippen MR) is 67.9 cm³/mol. The van der Waals surface area contributed by atoms with Crippen LogP contribution in [-0.4, -0.2) is 18.5 Å². The van der Waals surface area contributed by atoms with E-state index in [1.54, 1.807) is 0 Å². The summed E-state index contributed by atoms with van der Waals surface area (Å²) in [6.45, 7) is 0.780. The molecule has 1 aromatic carbocycles. The topological polar surface area (TPSA) is 26.3 Å². The van der Waals surface area contributed by atoms with Gasteiger partial charge in [0.25, 0.3) is 0 Å². The fourth-order valence-electron chi connectivity index (χ4n) is 2.32. The maximum Gasteiger partial charge on any atom is 0.159 e. The lowest BCUT2D eigenvalue weighted by molar-refractivity contribution is -0.119. The van der Waals surface area contributed by atoms with Crippen molar-refractivity contribution in [3.8, 4) is 0 Å². The first-order valence-electron chi connectivity index (χ1n) is 6.72. The Kier molecular flexibility index (Phi) is 5.02. The van der Waals surface area contributed by atoms with Crippen molar-refractivity contribution >= 4 is 5.78 Å².